The van der Waals surface area contributed by atoms with Crippen LogP contribution in [-0.2, 0) is 6.54 Å². The molecule has 5 heteroatoms. The van der Waals surface area contributed by atoms with Crippen molar-refractivity contribution in [3.8, 4) is 5.69 Å². The van der Waals surface area contributed by atoms with E-state index in [0.717, 1.165) is 17.5 Å². The van der Waals surface area contributed by atoms with Crippen molar-refractivity contribution in [2.45, 2.75) is 6.54 Å². The van der Waals surface area contributed by atoms with Gasteiger partial charge in [-0.2, -0.15) is 5.10 Å². The highest BCUT2D eigenvalue weighted by Gasteiger charge is 2.02. The molecule has 0 fully saturated rings. The maximum atomic E-state index is 10.6. The number of carbonyl (C=O) groups excluding carboxylic acids is 1. The first kappa shape index (κ1) is 11.4. The van der Waals surface area contributed by atoms with Crippen LogP contribution < -0.4 is 0 Å². The summed E-state index contributed by atoms with van der Waals surface area (Å²) in [5.41, 5.74) is 2.52. The topological polar surface area (TPSA) is 52.7 Å². The van der Waals surface area contributed by atoms with E-state index in [2.05, 4.69) is 10.1 Å². The minimum absolute atomic E-state index is 0.440. The zero-order chi connectivity index (χ0) is 13.1. The number of benzene rings is 1. The van der Waals surface area contributed by atoms with Gasteiger partial charge in [0, 0.05) is 18.0 Å². The van der Waals surface area contributed by atoms with Crippen molar-refractivity contribution in [2.75, 3.05) is 0 Å². The third-order valence-corrected chi connectivity index (χ3v) is 2.80. The van der Waals surface area contributed by atoms with E-state index in [0.29, 0.717) is 12.2 Å². The van der Waals surface area contributed by atoms with Crippen molar-refractivity contribution in [3.05, 3.63) is 66.5 Å². The Bertz CT molecular complexity index is 684. The maximum Gasteiger partial charge on any atom is 0.169 e. The predicted octanol–water partition coefficient (Wildman–Crippen LogP) is 1.93. The third kappa shape index (κ3) is 2.44. The number of hydrogen-bond donors (Lipinski definition) is 0. The Labute approximate surface area is 110 Å². The van der Waals surface area contributed by atoms with Crippen LogP contribution in [0.4, 0.5) is 0 Å². The van der Waals surface area contributed by atoms with Gasteiger partial charge in [-0.1, -0.05) is 18.2 Å². The lowest BCUT2D eigenvalue weighted by atomic mass is 10.3. The summed E-state index contributed by atoms with van der Waals surface area (Å²) >= 11 is 0. The van der Waals surface area contributed by atoms with Crippen LogP contribution in [0.1, 0.15) is 16.1 Å². The number of hydrogen-bond acceptors (Lipinski definition) is 3. The smallest absolute Gasteiger partial charge is 0.169 e. The molecule has 2 heterocycles. The number of imidazole rings is 1. The van der Waals surface area contributed by atoms with E-state index < -0.39 is 0 Å². The molecule has 0 aliphatic carbocycles. The molecule has 19 heavy (non-hydrogen) atoms. The zero-order valence-electron chi connectivity index (χ0n) is 10.2. The summed E-state index contributed by atoms with van der Waals surface area (Å²) in [6.45, 7) is 0.647. The van der Waals surface area contributed by atoms with Gasteiger partial charge in [0.2, 0.25) is 0 Å². The van der Waals surface area contributed by atoms with E-state index in [9.17, 15) is 4.79 Å². The SMILES string of the molecule is O=Cc1cn(Cc2cnn(-c3ccccc3)c2)cn1. The fraction of sp³-hybridized carbons (Fsp3) is 0.0714. The summed E-state index contributed by atoms with van der Waals surface area (Å²) in [5.74, 6) is 0. The average molecular weight is 252 g/mol. The van der Waals surface area contributed by atoms with Gasteiger partial charge in [-0.05, 0) is 12.1 Å². The molecule has 0 unspecified atom stereocenters. The second-order valence-corrected chi connectivity index (χ2v) is 4.22. The van der Waals surface area contributed by atoms with Crippen molar-refractivity contribution in [1.29, 1.82) is 0 Å². The van der Waals surface area contributed by atoms with Gasteiger partial charge < -0.3 is 4.57 Å². The van der Waals surface area contributed by atoms with Gasteiger partial charge in [0.25, 0.3) is 0 Å². The Morgan fingerprint density at radius 3 is 2.74 bits per heavy atom. The van der Waals surface area contributed by atoms with E-state index >= 15 is 0 Å². The van der Waals surface area contributed by atoms with Crippen LogP contribution >= 0.6 is 0 Å². The van der Waals surface area contributed by atoms with E-state index in [4.69, 9.17) is 0 Å². The quantitative estimate of drug-likeness (QED) is 0.667. The summed E-state index contributed by atoms with van der Waals surface area (Å²) in [6.07, 6.45) is 7.88. The molecule has 0 aliphatic heterocycles. The van der Waals surface area contributed by atoms with Crippen LogP contribution in [-0.4, -0.2) is 25.6 Å². The molecule has 2 aromatic heterocycles. The van der Waals surface area contributed by atoms with Crippen LogP contribution in [0, 0.1) is 0 Å². The molecule has 0 aliphatic rings. The Morgan fingerprint density at radius 1 is 1.16 bits per heavy atom. The Kier molecular flexibility index (Phi) is 2.94. The van der Waals surface area contributed by atoms with Gasteiger partial charge in [-0.25, -0.2) is 9.67 Å². The molecular formula is C14H12N4O. The first-order chi connectivity index (χ1) is 9.35. The van der Waals surface area contributed by atoms with Crippen LogP contribution in [0.2, 0.25) is 0 Å². The minimum Gasteiger partial charge on any atom is -0.332 e. The summed E-state index contributed by atoms with van der Waals surface area (Å²) in [5, 5.41) is 4.32. The van der Waals surface area contributed by atoms with Crippen molar-refractivity contribution < 1.29 is 4.79 Å². The molecule has 0 saturated carbocycles. The van der Waals surface area contributed by atoms with Crippen LogP contribution in [0.5, 0.6) is 0 Å². The molecule has 0 amide bonds. The van der Waals surface area contributed by atoms with Gasteiger partial charge in [-0.15, -0.1) is 0 Å². The van der Waals surface area contributed by atoms with Gasteiger partial charge in [0.1, 0.15) is 5.69 Å². The van der Waals surface area contributed by atoms with Gasteiger partial charge in [0.15, 0.2) is 6.29 Å². The van der Waals surface area contributed by atoms with E-state index in [1.54, 1.807) is 12.5 Å². The van der Waals surface area contributed by atoms with Crippen molar-refractivity contribution in [3.63, 3.8) is 0 Å². The second-order valence-electron chi connectivity index (χ2n) is 4.22. The van der Waals surface area contributed by atoms with E-state index in [1.165, 1.54) is 0 Å². The Balaban J connectivity index is 1.80. The molecule has 0 radical (unpaired) electrons. The van der Waals surface area contributed by atoms with Crippen molar-refractivity contribution in [1.82, 2.24) is 19.3 Å². The Morgan fingerprint density at radius 2 is 2.00 bits per heavy atom. The number of aromatic nitrogens is 4. The first-order valence-corrected chi connectivity index (χ1v) is 5.91. The van der Waals surface area contributed by atoms with Crippen molar-refractivity contribution >= 4 is 6.29 Å². The molecular weight excluding hydrogens is 240 g/mol. The highest BCUT2D eigenvalue weighted by Crippen LogP contribution is 2.09. The van der Waals surface area contributed by atoms with Crippen molar-refractivity contribution in [2.24, 2.45) is 0 Å². The highest BCUT2D eigenvalue weighted by molar-refractivity contribution is 5.70. The van der Waals surface area contributed by atoms with Gasteiger partial charge in [-0.3, -0.25) is 4.79 Å². The molecule has 0 saturated heterocycles. The lowest BCUT2D eigenvalue weighted by Gasteiger charge is -2.00. The fourth-order valence-corrected chi connectivity index (χ4v) is 1.90. The highest BCUT2D eigenvalue weighted by atomic mass is 16.1. The number of para-hydroxylation sites is 1. The third-order valence-electron chi connectivity index (χ3n) is 2.80. The molecule has 0 N–H and O–H groups in total. The van der Waals surface area contributed by atoms with Crippen LogP contribution in [0.25, 0.3) is 5.69 Å². The number of carbonyl (C=O) groups is 1. The largest absolute Gasteiger partial charge is 0.332 e. The molecule has 0 spiro atoms. The standard InChI is InChI=1S/C14H12N4O/c19-10-13-9-17(11-15-13)7-12-6-16-18(8-12)14-4-2-1-3-5-14/h1-6,8-11H,7H2. The molecule has 5 nitrogen and oxygen atoms in total. The lowest BCUT2D eigenvalue weighted by molar-refractivity contribution is 0.111. The molecule has 3 rings (SSSR count). The Hall–Kier alpha value is -2.69. The summed E-state index contributed by atoms with van der Waals surface area (Å²) in [4.78, 5) is 14.5. The number of aldehydes is 1. The number of rotatable bonds is 4. The fourth-order valence-electron chi connectivity index (χ4n) is 1.90. The van der Waals surface area contributed by atoms with Crippen LogP contribution in [0.3, 0.4) is 0 Å². The van der Waals surface area contributed by atoms with Gasteiger partial charge >= 0.3 is 0 Å². The normalized spacial score (nSPS) is 10.5. The monoisotopic (exact) mass is 252 g/mol. The first-order valence-electron chi connectivity index (χ1n) is 5.91. The van der Waals surface area contributed by atoms with Gasteiger partial charge in [0.05, 0.1) is 24.8 Å². The zero-order valence-corrected chi connectivity index (χ0v) is 10.2. The summed E-state index contributed by atoms with van der Waals surface area (Å²) in [6, 6.07) is 9.92. The molecule has 1 aromatic carbocycles. The molecule has 94 valence electrons. The maximum absolute atomic E-state index is 10.6. The molecule has 0 atom stereocenters. The number of nitrogens with zero attached hydrogens (tertiary/aromatic N) is 4. The average Bonchev–Trinajstić information content (AvgIpc) is 3.09. The van der Waals surface area contributed by atoms with E-state index in [1.807, 2.05) is 52.0 Å². The predicted molar refractivity (Wildman–Crippen MR) is 70.3 cm³/mol. The second kappa shape index (κ2) is 4.89. The molecule has 3 aromatic rings. The van der Waals surface area contributed by atoms with Crippen LogP contribution in [0.15, 0.2) is 55.2 Å². The minimum atomic E-state index is 0.440. The summed E-state index contributed by atoms with van der Waals surface area (Å²) < 4.78 is 3.68. The summed E-state index contributed by atoms with van der Waals surface area (Å²) in [7, 11) is 0. The lowest BCUT2D eigenvalue weighted by Crippen LogP contribution is -1.96. The molecule has 0 bridgehead atoms. The van der Waals surface area contributed by atoms with E-state index in [-0.39, 0.29) is 0 Å².